The molecule has 1 saturated heterocycles. The third kappa shape index (κ3) is 3.74. The largest absolute Gasteiger partial charge is 0.507 e. The molecule has 3 aromatic rings. The fraction of sp³-hybridized carbons (Fsp3) is 0.160. The van der Waals surface area contributed by atoms with Crippen molar-refractivity contribution < 1.29 is 14.7 Å². The van der Waals surface area contributed by atoms with E-state index in [4.69, 9.17) is 0 Å². The zero-order chi connectivity index (χ0) is 21.1. The molecule has 150 valence electrons. The number of hydrogen-bond donors (Lipinski definition) is 1. The first-order valence-electron chi connectivity index (χ1n) is 9.85. The van der Waals surface area contributed by atoms with E-state index < -0.39 is 17.7 Å². The minimum absolute atomic E-state index is 0.114. The summed E-state index contributed by atoms with van der Waals surface area (Å²) < 4.78 is 0. The van der Waals surface area contributed by atoms with Gasteiger partial charge in [0.05, 0.1) is 11.6 Å². The monoisotopic (exact) mass is 398 g/mol. The number of pyridine rings is 1. The molecule has 2 aromatic carbocycles. The molecule has 0 spiro atoms. The predicted molar refractivity (Wildman–Crippen MR) is 115 cm³/mol. The summed E-state index contributed by atoms with van der Waals surface area (Å²) in [6.07, 6.45) is 3.86. The number of hydrogen-bond acceptors (Lipinski definition) is 4. The number of carbonyl (C=O) groups excluding carboxylic acids is 2. The molecule has 5 heteroatoms. The molecular weight excluding hydrogens is 376 g/mol. The maximum atomic E-state index is 13.0. The fourth-order valence-corrected chi connectivity index (χ4v) is 3.76. The lowest BCUT2D eigenvalue weighted by molar-refractivity contribution is -0.139. The van der Waals surface area contributed by atoms with Gasteiger partial charge in [-0.1, -0.05) is 60.2 Å². The Labute approximate surface area is 175 Å². The van der Waals surface area contributed by atoms with E-state index in [1.807, 2.05) is 49.4 Å². The third-order valence-corrected chi connectivity index (χ3v) is 5.37. The van der Waals surface area contributed by atoms with Crippen molar-refractivity contribution >= 4 is 17.4 Å². The summed E-state index contributed by atoms with van der Waals surface area (Å²) in [6.45, 7) is 2.32. The molecule has 1 aliphatic rings. The Kier molecular flexibility index (Phi) is 5.44. The Balaban J connectivity index is 1.76. The molecule has 5 nitrogen and oxygen atoms in total. The summed E-state index contributed by atoms with van der Waals surface area (Å²) in [5.74, 6) is -1.42. The number of aliphatic hydroxyl groups excluding tert-OH is 1. The summed E-state index contributed by atoms with van der Waals surface area (Å²) in [6, 6.07) is 19.9. The van der Waals surface area contributed by atoms with Crippen molar-refractivity contribution in [2.24, 2.45) is 0 Å². The zero-order valence-corrected chi connectivity index (χ0v) is 16.7. The fourth-order valence-electron chi connectivity index (χ4n) is 3.76. The van der Waals surface area contributed by atoms with Crippen LogP contribution in [0.15, 0.2) is 84.7 Å². The van der Waals surface area contributed by atoms with Gasteiger partial charge in [-0.3, -0.25) is 14.6 Å². The Morgan fingerprint density at radius 1 is 0.967 bits per heavy atom. The van der Waals surface area contributed by atoms with Gasteiger partial charge in [-0.2, -0.15) is 0 Å². The van der Waals surface area contributed by atoms with Crippen LogP contribution >= 0.6 is 0 Å². The number of amides is 1. The van der Waals surface area contributed by atoms with Gasteiger partial charge in [0, 0.05) is 24.5 Å². The lowest BCUT2D eigenvalue weighted by Crippen LogP contribution is -2.31. The number of aliphatic hydroxyl groups is 1. The summed E-state index contributed by atoms with van der Waals surface area (Å²) >= 11 is 0. The molecule has 0 bridgehead atoms. The first-order chi connectivity index (χ1) is 14.6. The quantitative estimate of drug-likeness (QED) is 0.400. The number of rotatable bonds is 5. The lowest BCUT2D eigenvalue weighted by atomic mass is 9.95. The van der Waals surface area contributed by atoms with Crippen LogP contribution in [0.25, 0.3) is 5.76 Å². The second-order valence-electron chi connectivity index (χ2n) is 7.37. The molecule has 1 fully saturated rings. The van der Waals surface area contributed by atoms with Gasteiger partial charge in [0.15, 0.2) is 0 Å². The number of likely N-dealkylation sites (tertiary alicyclic amines) is 1. The molecule has 0 saturated carbocycles. The van der Waals surface area contributed by atoms with Crippen molar-refractivity contribution in [1.29, 1.82) is 0 Å². The van der Waals surface area contributed by atoms with Crippen molar-refractivity contribution in [2.75, 3.05) is 6.54 Å². The number of nitrogens with zero attached hydrogens (tertiary/aromatic N) is 2. The molecule has 1 amide bonds. The highest BCUT2D eigenvalue weighted by Gasteiger charge is 2.45. The summed E-state index contributed by atoms with van der Waals surface area (Å²) in [4.78, 5) is 31.5. The van der Waals surface area contributed by atoms with Gasteiger partial charge in [-0.25, -0.2) is 0 Å². The second-order valence-corrected chi connectivity index (χ2v) is 7.37. The third-order valence-electron chi connectivity index (χ3n) is 5.37. The molecule has 1 atom stereocenters. The number of Topliss-reactive ketones (excluding diaryl/α,β-unsaturated/α-hetero) is 1. The molecule has 1 unspecified atom stereocenters. The normalized spacial score (nSPS) is 18.0. The van der Waals surface area contributed by atoms with Crippen LogP contribution in [-0.4, -0.2) is 33.2 Å². The van der Waals surface area contributed by atoms with Crippen molar-refractivity contribution in [1.82, 2.24) is 9.88 Å². The number of aryl methyl sites for hydroxylation is 1. The van der Waals surface area contributed by atoms with Crippen molar-refractivity contribution in [3.05, 3.63) is 107 Å². The minimum Gasteiger partial charge on any atom is -0.507 e. The maximum Gasteiger partial charge on any atom is 0.295 e. The Hall–Kier alpha value is -3.73. The Morgan fingerprint density at radius 3 is 2.30 bits per heavy atom. The van der Waals surface area contributed by atoms with E-state index in [1.54, 1.807) is 41.6 Å². The van der Waals surface area contributed by atoms with Crippen molar-refractivity contribution in [2.45, 2.75) is 19.4 Å². The average Bonchev–Trinajstić information content (AvgIpc) is 3.04. The average molecular weight is 398 g/mol. The van der Waals surface area contributed by atoms with Gasteiger partial charge in [0.25, 0.3) is 11.7 Å². The molecule has 0 radical (unpaired) electrons. The highest BCUT2D eigenvalue weighted by molar-refractivity contribution is 6.46. The van der Waals surface area contributed by atoms with Gasteiger partial charge < -0.3 is 10.0 Å². The zero-order valence-electron chi connectivity index (χ0n) is 16.7. The molecule has 1 aliphatic heterocycles. The first-order valence-corrected chi connectivity index (χ1v) is 9.85. The number of ketones is 1. The van der Waals surface area contributed by atoms with Gasteiger partial charge in [0.2, 0.25) is 0 Å². The van der Waals surface area contributed by atoms with E-state index in [9.17, 15) is 14.7 Å². The first kappa shape index (κ1) is 19.6. The Morgan fingerprint density at radius 2 is 1.63 bits per heavy atom. The number of aromatic nitrogens is 1. The van der Waals surface area contributed by atoms with Gasteiger partial charge >= 0.3 is 0 Å². The Bertz CT molecular complexity index is 1090. The van der Waals surface area contributed by atoms with Crippen LogP contribution in [0.5, 0.6) is 0 Å². The standard InChI is InChI=1S/C25H22N2O3/c1-17-7-9-20(10-8-17)23(28)21-22(19-11-14-26-15-12-19)27(25(30)24(21)29)16-13-18-5-3-2-4-6-18/h2-12,14-15,22,28H,13,16H2,1H3/b23-21+. The molecule has 2 heterocycles. The van der Waals surface area contributed by atoms with Gasteiger partial charge in [0.1, 0.15) is 5.76 Å². The number of benzene rings is 2. The lowest BCUT2D eigenvalue weighted by Gasteiger charge is -2.25. The molecule has 30 heavy (non-hydrogen) atoms. The van der Waals surface area contributed by atoms with Crippen molar-refractivity contribution in [3.63, 3.8) is 0 Å². The second kappa shape index (κ2) is 8.33. The van der Waals surface area contributed by atoms with Crippen LogP contribution in [0.4, 0.5) is 0 Å². The summed E-state index contributed by atoms with van der Waals surface area (Å²) in [5, 5.41) is 11.0. The molecular formula is C25H22N2O3. The molecule has 0 aliphatic carbocycles. The highest BCUT2D eigenvalue weighted by atomic mass is 16.3. The van der Waals surface area contributed by atoms with E-state index in [2.05, 4.69) is 4.98 Å². The van der Waals surface area contributed by atoms with Crippen LogP contribution in [0.1, 0.15) is 28.3 Å². The molecule has 4 rings (SSSR count). The van der Waals surface area contributed by atoms with Gasteiger partial charge in [-0.15, -0.1) is 0 Å². The van der Waals surface area contributed by atoms with E-state index in [0.717, 1.165) is 16.7 Å². The van der Waals surface area contributed by atoms with Crippen molar-refractivity contribution in [3.8, 4) is 0 Å². The molecule has 1 aromatic heterocycles. The van der Waals surface area contributed by atoms with E-state index in [1.165, 1.54) is 0 Å². The summed E-state index contributed by atoms with van der Waals surface area (Å²) in [5.41, 5.74) is 3.49. The van der Waals surface area contributed by atoms with E-state index >= 15 is 0 Å². The minimum atomic E-state index is -0.664. The number of carbonyl (C=O) groups is 2. The van der Waals surface area contributed by atoms with Crippen LogP contribution in [0.3, 0.4) is 0 Å². The van der Waals surface area contributed by atoms with Crippen LogP contribution in [0, 0.1) is 6.92 Å². The van der Waals surface area contributed by atoms with Gasteiger partial charge in [-0.05, 0) is 36.6 Å². The molecule has 1 N–H and O–H groups in total. The maximum absolute atomic E-state index is 13.0. The predicted octanol–water partition coefficient (Wildman–Crippen LogP) is 4.05. The van der Waals surface area contributed by atoms with E-state index in [-0.39, 0.29) is 11.3 Å². The van der Waals surface area contributed by atoms with E-state index in [0.29, 0.717) is 18.5 Å². The smallest absolute Gasteiger partial charge is 0.295 e. The topological polar surface area (TPSA) is 70.5 Å². The van der Waals surface area contributed by atoms with Crippen LogP contribution < -0.4 is 0 Å². The summed E-state index contributed by atoms with van der Waals surface area (Å²) in [7, 11) is 0. The highest BCUT2D eigenvalue weighted by Crippen LogP contribution is 2.39. The van der Waals surface area contributed by atoms with Crippen LogP contribution in [-0.2, 0) is 16.0 Å². The van der Waals surface area contributed by atoms with Crippen LogP contribution in [0.2, 0.25) is 0 Å². The SMILES string of the molecule is Cc1ccc(/C(O)=C2\C(=O)C(=O)N(CCc3ccccc3)C2c2ccncc2)cc1.